The first-order valence-electron chi connectivity index (χ1n) is 5.81. The first-order chi connectivity index (χ1) is 8.90. The van der Waals surface area contributed by atoms with Crippen molar-refractivity contribution in [3.05, 3.63) is 22.7 Å². The van der Waals surface area contributed by atoms with Gasteiger partial charge in [-0.25, -0.2) is 8.42 Å². The van der Waals surface area contributed by atoms with Gasteiger partial charge >= 0.3 is 0 Å². The molecule has 0 unspecified atom stereocenters. The van der Waals surface area contributed by atoms with Gasteiger partial charge in [-0.05, 0) is 30.9 Å². The molecule has 1 aliphatic carbocycles. The van der Waals surface area contributed by atoms with Crippen molar-refractivity contribution >= 4 is 31.3 Å². The van der Waals surface area contributed by atoms with Crippen LogP contribution in [0, 0.1) is 5.92 Å². The van der Waals surface area contributed by atoms with Crippen molar-refractivity contribution in [3.63, 3.8) is 0 Å². The Morgan fingerprint density at radius 3 is 2.58 bits per heavy atom. The van der Waals surface area contributed by atoms with Crippen molar-refractivity contribution in [3.8, 4) is 11.5 Å². The molecule has 0 amide bonds. The van der Waals surface area contributed by atoms with Crippen LogP contribution in [0.15, 0.2) is 12.1 Å². The molecule has 7 heteroatoms. The highest BCUT2D eigenvalue weighted by atomic mass is 35.7. The van der Waals surface area contributed by atoms with Crippen LogP contribution in [-0.4, -0.2) is 22.1 Å². The van der Waals surface area contributed by atoms with Gasteiger partial charge in [0.15, 0.2) is 11.5 Å². The second-order valence-electron chi connectivity index (χ2n) is 4.49. The van der Waals surface area contributed by atoms with Gasteiger partial charge in [-0.1, -0.05) is 11.6 Å². The minimum atomic E-state index is -3.72. The average molecular weight is 325 g/mol. The monoisotopic (exact) mass is 324 g/mol. The van der Waals surface area contributed by atoms with Gasteiger partial charge < -0.3 is 9.47 Å². The van der Waals surface area contributed by atoms with Crippen LogP contribution in [0.2, 0.25) is 5.02 Å². The fraction of sp³-hybridized carbons (Fsp3) is 0.500. The van der Waals surface area contributed by atoms with Crippen LogP contribution in [0.3, 0.4) is 0 Å². The van der Waals surface area contributed by atoms with E-state index in [2.05, 4.69) is 0 Å². The summed E-state index contributed by atoms with van der Waals surface area (Å²) >= 11 is 6.04. The molecule has 1 aliphatic rings. The second-order valence-corrected chi connectivity index (χ2v) is 7.68. The molecule has 1 fully saturated rings. The van der Waals surface area contributed by atoms with Crippen molar-refractivity contribution in [1.82, 2.24) is 0 Å². The maximum atomic E-state index is 11.3. The number of hydrogen-bond donors (Lipinski definition) is 0. The third kappa shape index (κ3) is 4.16. The summed E-state index contributed by atoms with van der Waals surface area (Å²) in [6, 6.07) is 3.22. The van der Waals surface area contributed by atoms with Crippen LogP contribution in [0.1, 0.15) is 18.4 Å². The maximum Gasteiger partial charge on any atom is 0.236 e. The summed E-state index contributed by atoms with van der Waals surface area (Å²) in [5.41, 5.74) is 0.344. The fourth-order valence-electron chi connectivity index (χ4n) is 1.69. The van der Waals surface area contributed by atoms with E-state index >= 15 is 0 Å². The largest absolute Gasteiger partial charge is 0.493 e. The minimum absolute atomic E-state index is 0.302. The molecule has 2 rings (SSSR count). The Balaban J connectivity index is 2.35. The molecule has 0 radical (unpaired) electrons. The highest BCUT2D eigenvalue weighted by Crippen LogP contribution is 2.39. The highest BCUT2D eigenvalue weighted by Gasteiger charge is 2.25. The first-order valence-corrected chi connectivity index (χ1v) is 8.67. The van der Waals surface area contributed by atoms with E-state index in [0.29, 0.717) is 34.6 Å². The standard InChI is InChI=1S/C12H14Cl2O4S/c1-17-11-5-4-10(13)9(7-19(14,15)16)12(11)18-6-8-2-3-8/h4-5,8H,2-3,6-7H2,1H3. The minimum Gasteiger partial charge on any atom is -0.493 e. The Labute approximate surface area is 122 Å². The van der Waals surface area contributed by atoms with E-state index in [-0.39, 0.29) is 5.75 Å². The summed E-state index contributed by atoms with van der Waals surface area (Å²) in [4.78, 5) is 0. The average Bonchev–Trinajstić information content (AvgIpc) is 3.12. The maximum absolute atomic E-state index is 11.3. The molecular formula is C12H14Cl2O4S. The predicted molar refractivity (Wildman–Crippen MR) is 74.7 cm³/mol. The van der Waals surface area contributed by atoms with E-state index < -0.39 is 9.05 Å². The van der Waals surface area contributed by atoms with Crippen molar-refractivity contribution in [2.75, 3.05) is 13.7 Å². The summed E-state index contributed by atoms with van der Waals surface area (Å²) in [6.07, 6.45) is 2.26. The van der Waals surface area contributed by atoms with Crippen LogP contribution >= 0.6 is 22.3 Å². The van der Waals surface area contributed by atoms with Crippen LogP contribution < -0.4 is 9.47 Å². The number of benzene rings is 1. The lowest BCUT2D eigenvalue weighted by Crippen LogP contribution is -2.06. The smallest absolute Gasteiger partial charge is 0.236 e. The molecule has 0 spiro atoms. The molecule has 0 saturated heterocycles. The van der Waals surface area contributed by atoms with E-state index in [0.717, 1.165) is 12.8 Å². The Hall–Kier alpha value is -0.650. The number of rotatable bonds is 6. The Kier molecular flexibility index (Phi) is 4.48. The molecule has 1 saturated carbocycles. The second kappa shape index (κ2) is 5.77. The van der Waals surface area contributed by atoms with Crippen LogP contribution in [0.5, 0.6) is 11.5 Å². The Bertz CT molecular complexity index is 567. The van der Waals surface area contributed by atoms with E-state index in [1.807, 2.05) is 0 Å². The summed E-state index contributed by atoms with van der Waals surface area (Å²) in [7, 11) is 3.07. The van der Waals surface area contributed by atoms with Gasteiger partial charge in [0, 0.05) is 21.3 Å². The van der Waals surface area contributed by atoms with Crippen molar-refractivity contribution in [1.29, 1.82) is 0 Å². The van der Waals surface area contributed by atoms with Crippen LogP contribution in [-0.2, 0) is 14.8 Å². The Morgan fingerprint density at radius 2 is 2.05 bits per heavy atom. The molecule has 0 aliphatic heterocycles. The zero-order valence-electron chi connectivity index (χ0n) is 10.4. The topological polar surface area (TPSA) is 52.6 Å². The number of halogens is 2. The zero-order valence-corrected chi connectivity index (χ0v) is 12.7. The molecule has 1 aromatic rings. The van der Waals surface area contributed by atoms with Gasteiger partial charge in [-0.15, -0.1) is 0 Å². The van der Waals surface area contributed by atoms with Crippen molar-refractivity contribution in [2.45, 2.75) is 18.6 Å². The molecule has 0 N–H and O–H groups in total. The van der Waals surface area contributed by atoms with E-state index in [9.17, 15) is 8.42 Å². The lowest BCUT2D eigenvalue weighted by Gasteiger charge is -2.15. The van der Waals surface area contributed by atoms with Gasteiger partial charge in [0.05, 0.1) is 19.5 Å². The molecule has 4 nitrogen and oxygen atoms in total. The molecule has 0 bridgehead atoms. The Morgan fingerprint density at radius 1 is 1.37 bits per heavy atom. The lowest BCUT2D eigenvalue weighted by atomic mass is 10.2. The molecular weight excluding hydrogens is 311 g/mol. The van der Waals surface area contributed by atoms with Gasteiger partial charge in [-0.2, -0.15) is 0 Å². The predicted octanol–water partition coefficient (Wildman–Crippen LogP) is 3.21. The number of methoxy groups -OCH3 is 1. The summed E-state index contributed by atoms with van der Waals surface area (Å²) in [5, 5.41) is 0.302. The van der Waals surface area contributed by atoms with E-state index in [1.54, 1.807) is 12.1 Å². The van der Waals surface area contributed by atoms with Crippen molar-refractivity contribution < 1.29 is 17.9 Å². The molecule has 0 atom stereocenters. The van der Waals surface area contributed by atoms with E-state index in [4.69, 9.17) is 31.8 Å². The number of hydrogen-bond acceptors (Lipinski definition) is 4. The van der Waals surface area contributed by atoms with Crippen LogP contribution in [0.4, 0.5) is 0 Å². The molecule has 1 aromatic carbocycles. The first kappa shape index (κ1) is 14.8. The molecule has 106 valence electrons. The molecule has 0 aromatic heterocycles. The van der Waals surface area contributed by atoms with Gasteiger partial charge in [0.25, 0.3) is 0 Å². The summed E-state index contributed by atoms with van der Waals surface area (Å²) < 4.78 is 33.4. The third-order valence-corrected chi connectivity index (χ3v) is 4.18. The van der Waals surface area contributed by atoms with E-state index in [1.165, 1.54) is 7.11 Å². The molecule has 0 heterocycles. The number of ether oxygens (including phenoxy) is 2. The summed E-state index contributed by atoms with van der Waals surface area (Å²) in [5.74, 6) is 0.973. The van der Waals surface area contributed by atoms with Crippen LogP contribution in [0.25, 0.3) is 0 Å². The zero-order chi connectivity index (χ0) is 14.0. The van der Waals surface area contributed by atoms with Crippen molar-refractivity contribution in [2.24, 2.45) is 5.92 Å². The normalized spacial score (nSPS) is 15.3. The van der Waals surface area contributed by atoms with Gasteiger partial charge in [0.2, 0.25) is 9.05 Å². The third-order valence-electron chi connectivity index (χ3n) is 2.86. The van der Waals surface area contributed by atoms with Gasteiger partial charge in [0.1, 0.15) is 0 Å². The summed E-state index contributed by atoms with van der Waals surface area (Å²) in [6.45, 7) is 0.534. The fourth-order valence-corrected chi connectivity index (χ4v) is 2.95. The quantitative estimate of drug-likeness (QED) is 0.754. The molecule has 19 heavy (non-hydrogen) atoms. The lowest BCUT2D eigenvalue weighted by molar-refractivity contribution is 0.278. The SMILES string of the molecule is COc1ccc(Cl)c(CS(=O)(=O)Cl)c1OCC1CC1. The van der Waals surface area contributed by atoms with Gasteiger partial charge in [-0.3, -0.25) is 0 Å². The highest BCUT2D eigenvalue weighted by molar-refractivity contribution is 8.13.